The van der Waals surface area contributed by atoms with Crippen molar-refractivity contribution in [3.63, 3.8) is 0 Å². The number of allylic oxidation sites excluding steroid dienone is 1. The smallest absolute Gasteiger partial charge is 0.0142 e. The standard InChI is InChI=1S/C12H15/c1-11(2)7-6-10-12-8-4-3-5-9-12/h3-11H,1-2H3. The van der Waals surface area contributed by atoms with E-state index in [2.05, 4.69) is 56.7 Å². The van der Waals surface area contributed by atoms with Crippen molar-refractivity contribution in [3.05, 3.63) is 48.4 Å². The van der Waals surface area contributed by atoms with E-state index in [0.717, 1.165) is 0 Å². The molecule has 0 heteroatoms. The molecular formula is C12H15. The van der Waals surface area contributed by atoms with E-state index in [4.69, 9.17) is 0 Å². The van der Waals surface area contributed by atoms with Gasteiger partial charge in [0.15, 0.2) is 0 Å². The van der Waals surface area contributed by atoms with E-state index in [-0.39, 0.29) is 0 Å². The zero-order chi connectivity index (χ0) is 8.81. The maximum Gasteiger partial charge on any atom is -0.0142 e. The summed E-state index contributed by atoms with van der Waals surface area (Å²) in [4.78, 5) is 0. The monoisotopic (exact) mass is 159 g/mol. The lowest BCUT2D eigenvalue weighted by Crippen LogP contribution is -1.82. The molecule has 0 N–H and O–H groups in total. The fourth-order valence-corrected chi connectivity index (χ4v) is 0.953. The SMILES string of the molecule is CC(C)[CH]C=Cc1ccccc1. The van der Waals surface area contributed by atoms with Crippen LogP contribution in [-0.2, 0) is 0 Å². The molecule has 1 radical (unpaired) electrons. The van der Waals surface area contributed by atoms with Crippen LogP contribution in [0.5, 0.6) is 0 Å². The predicted molar refractivity (Wildman–Crippen MR) is 54.6 cm³/mol. The van der Waals surface area contributed by atoms with Crippen molar-refractivity contribution >= 4 is 6.08 Å². The summed E-state index contributed by atoms with van der Waals surface area (Å²) in [5.74, 6) is 0.630. The van der Waals surface area contributed by atoms with Gasteiger partial charge in [0.2, 0.25) is 0 Å². The molecule has 0 aliphatic heterocycles. The van der Waals surface area contributed by atoms with E-state index >= 15 is 0 Å². The second kappa shape index (κ2) is 4.76. The molecule has 1 aromatic rings. The quantitative estimate of drug-likeness (QED) is 0.632. The molecule has 0 nitrogen and oxygen atoms in total. The average Bonchev–Trinajstić information content (AvgIpc) is 2.05. The van der Waals surface area contributed by atoms with Crippen molar-refractivity contribution < 1.29 is 0 Å². The third kappa shape index (κ3) is 3.38. The van der Waals surface area contributed by atoms with Crippen LogP contribution in [0.15, 0.2) is 36.4 Å². The van der Waals surface area contributed by atoms with Crippen LogP contribution in [-0.4, -0.2) is 0 Å². The second-order valence-corrected chi connectivity index (χ2v) is 3.21. The van der Waals surface area contributed by atoms with Crippen molar-refractivity contribution in [1.82, 2.24) is 0 Å². The number of benzene rings is 1. The van der Waals surface area contributed by atoms with E-state index in [1.165, 1.54) is 5.56 Å². The first-order valence-corrected chi connectivity index (χ1v) is 4.35. The Morgan fingerprint density at radius 1 is 1.08 bits per heavy atom. The Morgan fingerprint density at radius 2 is 1.75 bits per heavy atom. The third-order valence-corrected chi connectivity index (χ3v) is 1.58. The first kappa shape index (κ1) is 9.05. The maximum atomic E-state index is 2.19. The van der Waals surface area contributed by atoms with Gasteiger partial charge in [-0.05, 0) is 17.9 Å². The summed E-state index contributed by atoms with van der Waals surface area (Å²) in [6, 6.07) is 10.3. The van der Waals surface area contributed by atoms with Crippen LogP contribution >= 0.6 is 0 Å². The molecule has 0 aromatic heterocycles. The van der Waals surface area contributed by atoms with Gasteiger partial charge in [-0.2, -0.15) is 0 Å². The van der Waals surface area contributed by atoms with Gasteiger partial charge in [-0.1, -0.05) is 56.3 Å². The molecule has 0 aliphatic carbocycles. The van der Waals surface area contributed by atoms with Crippen LogP contribution < -0.4 is 0 Å². The molecule has 0 spiro atoms. The van der Waals surface area contributed by atoms with Gasteiger partial charge in [0.1, 0.15) is 0 Å². The van der Waals surface area contributed by atoms with Gasteiger partial charge in [-0.15, -0.1) is 0 Å². The zero-order valence-electron chi connectivity index (χ0n) is 7.70. The predicted octanol–water partition coefficient (Wildman–Crippen LogP) is 3.56. The topological polar surface area (TPSA) is 0 Å². The van der Waals surface area contributed by atoms with Crippen molar-refractivity contribution in [2.75, 3.05) is 0 Å². The van der Waals surface area contributed by atoms with Crippen LogP contribution in [0.25, 0.3) is 6.08 Å². The minimum atomic E-state index is 0.630. The van der Waals surface area contributed by atoms with Crippen molar-refractivity contribution in [1.29, 1.82) is 0 Å². The van der Waals surface area contributed by atoms with E-state index in [1.807, 2.05) is 6.07 Å². The minimum Gasteiger partial charge on any atom is -0.0800 e. The van der Waals surface area contributed by atoms with Crippen LogP contribution in [0.3, 0.4) is 0 Å². The lowest BCUT2D eigenvalue weighted by Gasteiger charge is -1.96. The van der Waals surface area contributed by atoms with Crippen LogP contribution in [0, 0.1) is 12.3 Å². The van der Waals surface area contributed by atoms with Gasteiger partial charge in [-0.25, -0.2) is 0 Å². The van der Waals surface area contributed by atoms with Gasteiger partial charge in [0, 0.05) is 0 Å². The summed E-state index contributed by atoms with van der Waals surface area (Å²) in [6.45, 7) is 4.35. The summed E-state index contributed by atoms with van der Waals surface area (Å²) in [5, 5.41) is 0. The molecule has 0 heterocycles. The van der Waals surface area contributed by atoms with Gasteiger partial charge < -0.3 is 0 Å². The molecule has 0 bridgehead atoms. The molecule has 0 unspecified atom stereocenters. The zero-order valence-corrected chi connectivity index (χ0v) is 7.70. The molecule has 0 saturated carbocycles. The van der Waals surface area contributed by atoms with Crippen LogP contribution in [0.4, 0.5) is 0 Å². The normalized spacial score (nSPS) is 11.2. The summed E-state index contributed by atoms with van der Waals surface area (Å²) in [7, 11) is 0. The van der Waals surface area contributed by atoms with E-state index in [0.29, 0.717) is 5.92 Å². The summed E-state index contributed by atoms with van der Waals surface area (Å²) < 4.78 is 0. The fraction of sp³-hybridized carbons (Fsp3) is 0.250. The highest BCUT2D eigenvalue weighted by atomic mass is 13.9. The van der Waals surface area contributed by atoms with Gasteiger partial charge in [0.05, 0.1) is 0 Å². The van der Waals surface area contributed by atoms with Crippen LogP contribution in [0.2, 0.25) is 0 Å². The van der Waals surface area contributed by atoms with E-state index in [9.17, 15) is 0 Å². The van der Waals surface area contributed by atoms with Crippen molar-refractivity contribution in [2.45, 2.75) is 13.8 Å². The molecule has 0 saturated heterocycles. The first-order valence-electron chi connectivity index (χ1n) is 4.35. The highest BCUT2D eigenvalue weighted by Crippen LogP contribution is 2.04. The van der Waals surface area contributed by atoms with Crippen LogP contribution in [0.1, 0.15) is 19.4 Å². The Labute approximate surface area is 74.9 Å². The van der Waals surface area contributed by atoms with E-state index in [1.54, 1.807) is 0 Å². The van der Waals surface area contributed by atoms with Gasteiger partial charge in [0.25, 0.3) is 0 Å². The minimum absolute atomic E-state index is 0.630. The Hall–Kier alpha value is -1.04. The first-order chi connectivity index (χ1) is 5.79. The molecule has 0 amide bonds. The fourth-order valence-electron chi connectivity index (χ4n) is 0.953. The third-order valence-electron chi connectivity index (χ3n) is 1.58. The highest BCUT2D eigenvalue weighted by Gasteiger charge is 1.87. The molecule has 12 heavy (non-hydrogen) atoms. The molecule has 1 aromatic carbocycles. The van der Waals surface area contributed by atoms with Gasteiger partial charge >= 0.3 is 0 Å². The Bertz CT molecular complexity index is 231. The number of hydrogen-bond acceptors (Lipinski definition) is 0. The van der Waals surface area contributed by atoms with E-state index < -0.39 is 0 Å². The molecular weight excluding hydrogens is 144 g/mol. The summed E-state index contributed by atoms with van der Waals surface area (Å²) in [6.07, 6.45) is 6.42. The second-order valence-electron chi connectivity index (χ2n) is 3.21. The lowest BCUT2D eigenvalue weighted by atomic mass is 10.1. The number of rotatable bonds is 3. The highest BCUT2D eigenvalue weighted by molar-refractivity contribution is 5.49. The Balaban J connectivity index is 2.47. The maximum absolute atomic E-state index is 2.19. The molecule has 1 rings (SSSR count). The van der Waals surface area contributed by atoms with Crippen molar-refractivity contribution in [2.24, 2.45) is 5.92 Å². The number of hydrogen-bond donors (Lipinski definition) is 0. The Morgan fingerprint density at radius 3 is 2.33 bits per heavy atom. The van der Waals surface area contributed by atoms with Crippen molar-refractivity contribution in [3.8, 4) is 0 Å². The summed E-state index contributed by atoms with van der Waals surface area (Å²) in [5.41, 5.74) is 1.26. The van der Waals surface area contributed by atoms with Gasteiger partial charge in [-0.3, -0.25) is 0 Å². The summed E-state index contributed by atoms with van der Waals surface area (Å²) >= 11 is 0. The molecule has 0 aliphatic rings. The molecule has 0 atom stereocenters. The lowest BCUT2D eigenvalue weighted by molar-refractivity contribution is 0.786. The molecule has 63 valence electrons. The largest absolute Gasteiger partial charge is 0.0800 e. The molecule has 0 fully saturated rings. The Kier molecular flexibility index (Phi) is 3.59. The average molecular weight is 159 g/mol.